The maximum atomic E-state index is 12.7. The molecule has 5 aromatic rings. The molecule has 0 aliphatic carbocycles. The molecule has 0 spiro atoms. The average Bonchev–Trinajstić information content (AvgIpc) is 3.55. The number of carbonyl (C=O) groups is 3. The van der Waals surface area contributed by atoms with Crippen molar-refractivity contribution in [2.75, 3.05) is 10.6 Å². The quantitative estimate of drug-likeness (QED) is 0.165. The zero-order valence-electron chi connectivity index (χ0n) is 21.7. The van der Waals surface area contributed by atoms with E-state index in [9.17, 15) is 19.5 Å². The molecule has 41 heavy (non-hydrogen) atoms. The second-order valence-electron chi connectivity index (χ2n) is 9.22. The van der Waals surface area contributed by atoms with Gasteiger partial charge in [0, 0.05) is 11.8 Å². The zero-order valence-corrected chi connectivity index (χ0v) is 22.4. The highest BCUT2D eigenvalue weighted by atomic mass is 35.5. The van der Waals surface area contributed by atoms with Crippen LogP contribution in [0.15, 0.2) is 81.7 Å². The number of nitrogens with zero attached hydrogens (tertiary/aromatic N) is 2. The predicted octanol–water partition coefficient (Wildman–Crippen LogP) is 5.65. The highest BCUT2D eigenvalue weighted by Crippen LogP contribution is 2.27. The number of benzene rings is 3. The van der Waals surface area contributed by atoms with E-state index in [4.69, 9.17) is 20.5 Å². The van der Waals surface area contributed by atoms with Crippen LogP contribution in [-0.4, -0.2) is 33.0 Å². The third kappa shape index (κ3) is 6.89. The Labute approximate surface area is 238 Å². The molecule has 4 N–H and O–H groups in total. The number of carboxylic acid groups (broad SMARTS) is 1. The molecule has 1 atom stereocenters. The van der Waals surface area contributed by atoms with Gasteiger partial charge in [-0.15, -0.1) is 0 Å². The fourth-order valence-electron chi connectivity index (χ4n) is 4.13. The van der Waals surface area contributed by atoms with Gasteiger partial charge in [0.2, 0.25) is 5.91 Å². The monoisotopic (exact) mass is 573 g/mol. The molecule has 12 heteroatoms. The van der Waals surface area contributed by atoms with Crippen molar-refractivity contribution in [1.29, 1.82) is 0 Å². The van der Waals surface area contributed by atoms with Crippen LogP contribution in [0.1, 0.15) is 39.8 Å². The Morgan fingerprint density at radius 3 is 2.51 bits per heavy atom. The van der Waals surface area contributed by atoms with E-state index in [0.717, 1.165) is 5.56 Å². The molecule has 5 rings (SSSR count). The number of carbonyl (C=O) groups excluding carboxylic acids is 2. The molecule has 11 nitrogen and oxygen atoms in total. The van der Waals surface area contributed by atoms with Crippen molar-refractivity contribution in [3.63, 3.8) is 0 Å². The second kappa shape index (κ2) is 11.9. The molecular formula is C29H24ClN5O6. The Kier molecular flexibility index (Phi) is 7.97. The number of nitrogens with one attached hydrogen (secondary N) is 3. The molecule has 0 unspecified atom stereocenters. The summed E-state index contributed by atoms with van der Waals surface area (Å²) in [6, 6.07) is 20.0. The number of anilines is 3. The zero-order chi connectivity index (χ0) is 28.9. The van der Waals surface area contributed by atoms with Crippen molar-refractivity contribution in [2.45, 2.75) is 25.8 Å². The SMILES string of the molecule is Cc1cc(C(=O)N[C@@H](CC(=O)O)c2ccc(NC(=O)Cc3ccc4nc(Nc5ccccc5Cl)oc4c3)cc2)no1. The number of para-hydroxylation sites is 1. The van der Waals surface area contributed by atoms with E-state index in [-0.39, 0.29) is 30.5 Å². The van der Waals surface area contributed by atoms with Gasteiger partial charge < -0.3 is 30.0 Å². The molecule has 0 fully saturated rings. The predicted molar refractivity (Wildman–Crippen MR) is 151 cm³/mol. The standard InChI is InChI=1S/C29H24ClN5O6/c1-16-12-24(35-41-16)28(39)32-23(15-27(37)38)18-7-9-19(10-8-18)31-26(36)14-17-6-11-22-25(13-17)40-29(34-22)33-21-5-3-2-4-20(21)30/h2-13,23H,14-15H2,1H3,(H,31,36)(H,32,39)(H,33,34)(H,37,38)/t23-/m0/s1. The molecule has 208 valence electrons. The first kappa shape index (κ1) is 27.4. The lowest BCUT2D eigenvalue weighted by Crippen LogP contribution is -2.30. The normalized spacial score (nSPS) is 11.7. The summed E-state index contributed by atoms with van der Waals surface area (Å²) in [7, 11) is 0. The van der Waals surface area contributed by atoms with E-state index in [0.29, 0.717) is 38.8 Å². The maximum absolute atomic E-state index is 12.7. The van der Waals surface area contributed by atoms with Crippen LogP contribution in [-0.2, 0) is 16.0 Å². The van der Waals surface area contributed by atoms with Crippen molar-refractivity contribution in [2.24, 2.45) is 0 Å². The van der Waals surface area contributed by atoms with E-state index in [1.165, 1.54) is 6.07 Å². The molecule has 2 aromatic heterocycles. The number of halogens is 1. The first-order chi connectivity index (χ1) is 19.7. The number of aliphatic carboxylic acids is 1. The van der Waals surface area contributed by atoms with Gasteiger partial charge in [0.05, 0.1) is 29.6 Å². The number of amides is 2. The third-order valence-electron chi connectivity index (χ3n) is 6.07. The van der Waals surface area contributed by atoms with Crippen molar-refractivity contribution in [3.8, 4) is 0 Å². The van der Waals surface area contributed by atoms with Gasteiger partial charge in [-0.2, -0.15) is 4.98 Å². The molecule has 0 aliphatic heterocycles. The average molecular weight is 574 g/mol. The fourth-order valence-corrected chi connectivity index (χ4v) is 4.31. The van der Waals surface area contributed by atoms with Crippen LogP contribution in [0.3, 0.4) is 0 Å². The Balaban J connectivity index is 1.22. The summed E-state index contributed by atoms with van der Waals surface area (Å²) in [5.74, 6) is -1.44. The topological polar surface area (TPSA) is 160 Å². The number of oxazole rings is 1. The molecule has 0 saturated carbocycles. The van der Waals surface area contributed by atoms with Crippen molar-refractivity contribution >= 4 is 57.9 Å². The highest BCUT2D eigenvalue weighted by molar-refractivity contribution is 6.33. The first-order valence-electron chi connectivity index (χ1n) is 12.5. The van der Waals surface area contributed by atoms with Crippen LogP contribution in [0.4, 0.5) is 17.4 Å². The van der Waals surface area contributed by atoms with Gasteiger partial charge in [-0.1, -0.05) is 47.1 Å². The second-order valence-corrected chi connectivity index (χ2v) is 9.63. The summed E-state index contributed by atoms with van der Waals surface area (Å²) in [6.45, 7) is 1.65. The summed E-state index contributed by atoms with van der Waals surface area (Å²) >= 11 is 6.19. The van der Waals surface area contributed by atoms with Gasteiger partial charge in [0.15, 0.2) is 11.3 Å². The van der Waals surface area contributed by atoms with E-state index in [2.05, 4.69) is 26.1 Å². The van der Waals surface area contributed by atoms with E-state index in [1.54, 1.807) is 61.5 Å². The molecule has 0 aliphatic rings. The minimum atomic E-state index is -1.08. The summed E-state index contributed by atoms with van der Waals surface area (Å²) in [4.78, 5) is 41.0. The van der Waals surface area contributed by atoms with Gasteiger partial charge in [-0.25, -0.2) is 0 Å². The van der Waals surface area contributed by atoms with Gasteiger partial charge in [0.1, 0.15) is 11.3 Å². The lowest BCUT2D eigenvalue weighted by molar-refractivity contribution is -0.137. The largest absolute Gasteiger partial charge is 0.481 e. The molecule has 0 saturated heterocycles. The number of fused-ring (bicyclic) bond motifs is 1. The number of aromatic nitrogens is 2. The molecule has 2 amide bonds. The molecule has 0 bridgehead atoms. The van der Waals surface area contributed by atoms with Gasteiger partial charge >= 0.3 is 5.97 Å². The third-order valence-corrected chi connectivity index (χ3v) is 6.40. The van der Waals surface area contributed by atoms with Crippen LogP contribution < -0.4 is 16.0 Å². The van der Waals surface area contributed by atoms with E-state index >= 15 is 0 Å². The Bertz CT molecular complexity index is 1730. The number of hydrogen-bond acceptors (Lipinski definition) is 8. The summed E-state index contributed by atoms with van der Waals surface area (Å²) < 4.78 is 10.7. The maximum Gasteiger partial charge on any atom is 0.305 e. The lowest BCUT2D eigenvalue weighted by Gasteiger charge is -2.17. The van der Waals surface area contributed by atoms with Crippen LogP contribution in [0, 0.1) is 6.92 Å². The lowest BCUT2D eigenvalue weighted by atomic mass is 10.0. The van der Waals surface area contributed by atoms with Crippen LogP contribution in [0.2, 0.25) is 5.02 Å². The Morgan fingerprint density at radius 2 is 1.80 bits per heavy atom. The highest BCUT2D eigenvalue weighted by Gasteiger charge is 2.21. The minimum absolute atomic E-state index is 0.0540. The van der Waals surface area contributed by atoms with Crippen LogP contribution in [0.25, 0.3) is 11.1 Å². The van der Waals surface area contributed by atoms with Gasteiger partial charge in [0.25, 0.3) is 11.9 Å². The molecular weight excluding hydrogens is 550 g/mol. The summed E-state index contributed by atoms with van der Waals surface area (Å²) in [5, 5.41) is 22.1. The molecule has 3 aromatic carbocycles. The smallest absolute Gasteiger partial charge is 0.305 e. The van der Waals surface area contributed by atoms with Gasteiger partial charge in [-0.3, -0.25) is 14.4 Å². The number of aryl methyl sites for hydroxylation is 1. The van der Waals surface area contributed by atoms with E-state index in [1.807, 2.05) is 12.1 Å². The number of carboxylic acids is 1. The van der Waals surface area contributed by atoms with Crippen LogP contribution >= 0.6 is 11.6 Å². The van der Waals surface area contributed by atoms with Gasteiger partial charge in [-0.05, 0) is 54.4 Å². The Morgan fingerprint density at radius 1 is 1.02 bits per heavy atom. The Hall–Kier alpha value is -5.16. The van der Waals surface area contributed by atoms with E-state index < -0.39 is 17.9 Å². The minimum Gasteiger partial charge on any atom is -0.481 e. The number of hydrogen-bond donors (Lipinski definition) is 4. The summed E-state index contributed by atoms with van der Waals surface area (Å²) in [5.41, 5.74) is 3.64. The van der Waals surface area contributed by atoms with Crippen molar-refractivity contribution in [1.82, 2.24) is 15.5 Å². The van der Waals surface area contributed by atoms with Crippen molar-refractivity contribution < 1.29 is 28.4 Å². The van der Waals surface area contributed by atoms with Crippen molar-refractivity contribution in [3.05, 3.63) is 100 Å². The molecule has 2 heterocycles. The summed E-state index contributed by atoms with van der Waals surface area (Å²) in [6.07, 6.45) is -0.255. The fraction of sp³-hybridized carbons (Fsp3) is 0.138. The van der Waals surface area contributed by atoms with Crippen LogP contribution in [0.5, 0.6) is 0 Å². The first-order valence-corrected chi connectivity index (χ1v) is 12.9. The molecule has 0 radical (unpaired) electrons. The number of rotatable bonds is 10.